The molecule has 3 amide bonds. The number of nitrogens with one attached hydrogen (secondary N) is 3. The topological polar surface area (TPSA) is 106 Å². The Morgan fingerprint density at radius 2 is 1.37 bits per heavy atom. The van der Waals surface area contributed by atoms with E-state index in [1.807, 2.05) is 13.8 Å². The van der Waals surface area contributed by atoms with Crippen LogP contribution < -0.4 is 25.6 Å². The van der Waals surface area contributed by atoms with Gasteiger partial charge in [-0.1, -0.05) is 6.92 Å². The molecule has 2 aromatic rings. The number of carbonyl (C=O) groups excluding carboxylic acids is 3. The van der Waals surface area contributed by atoms with Crippen LogP contribution >= 0.6 is 0 Å². The lowest BCUT2D eigenvalue weighted by Crippen LogP contribution is -2.41. The molecule has 8 heteroatoms. The van der Waals surface area contributed by atoms with E-state index in [1.165, 1.54) is 0 Å². The first kappa shape index (κ1) is 22.7. The highest BCUT2D eigenvalue weighted by Gasteiger charge is 2.10. The molecule has 0 unspecified atom stereocenters. The SMILES string of the molecule is CCCOc1ccc(C(=O)NNC(=O)CCC(=O)Nc2ccc(OCC)cc2)cc1. The highest BCUT2D eigenvalue weighted by atomic mass is 16.5. The Balaban J connectivity index is 1.69. The molecule has 0 spiro atoms. The van der Waals surface area contributed by atoms with Gasteiger partial charge in [0.25, 0.3) is 5.91 Å². The number of ether oxygens (including phenoxy) is 2. The first-order chi connectivity index (χ1) is 14.5. The van der Waals surface area contributed by atoms with Gasteiger partial charge in [-0.25, -0.2) is 0 Å². The Morgan fingerprint density at radius 3 is 2.00 bits per heavy atom. The molecular formula is C22H27N3O5. The minimum absolute atomic E-state index is 0.0155. The fraction of sp³-hybridized carbons (Fsp3) is 0.318. The predicted octanol–water partition coefficient (Wildman–Crippen LogP) is 3.05. The highest BCUT2D eigenvalue weighted by molar-refractivity contribution is 5.96. The summed E-state index contributed by atoms with van der Waals surface area (Å²) < 4.78 is 10.8. The van der Waals surface area contributed by atoms with E-state index in [2.05, 4.69) is 16.2 Å². The van der Waals surface area contributed by atoms with Gasteiger partial charge in [0.2, 0.25) is 11.8 Å². The lowest BCUT2D eigenvalue weighted by atomic mass is 10.2. The Hall–Kier alpha value is -3.55. The van der Waals surface area contributed by atoms with Gasteiger partial charge in [-0.3, -0.25) is 25.2 Å². The molecule has 30 heavy (non-hydrogen) atoms. The van der Waals surface area contributed by atoms with Gasteiger partial charge in [0.1, 0.15) is 11.5 Å². The average molecular weight is 413 g/mol. The summed E-state index contributed by atoms with van der Waals surface area (Å²) in [6.45, 7) is 5.07. The molecule has 0 fully saturated rings. The van der Waals surface area contributed by atoms with E-state index in [0.717, 1.165) is 6.42 Å². The number of carbonyl (C=O) groups is 3. The summed E-state index contributed by atoms with van der Waals surface area (Å²) in [5, 5.41) is 2.70. The molecule has 0 aliphatic carbocycles. The molecule has 8 nitrogen and oxygen atoms in total. The Kier molecular flexibility index (Phi) is 9.18. The molecule has 160 valence electrons. The largest absolute Gasteiger partial charge is 0.494 e. The number of anilines is 1. The standard InChI is InChI=1S/C22H27N3O5/c1-3-15-30-19-9-5-16(6-10-19)22(28)25-24-21(27)14-13-20(26)23-17-7-11-18(12-8-17)29-4-2/h5-12H,3-4,13-15H2,1-2H3,(H,23,26)(H,24,27)(H,25,28). The molecule has 0 saturated heterocycles. The fourth-order valence-corrected chi connectivity index (χ4v) is 2.44. The molecule has 0 radical (unpaired) electrons. The monoisotopic (exact) mass is 413 g/mol. The van der Waals surface area contributed by atoms with Crippen molar-refractivity contribution in [3.8, 4) is 11.5 Å². The number of hydrogen-bond donors (Lipinski definition) is 3. The normalized spacial score (nSPS) is 10.1. The summed E-state index contributed by atoms with van der Waals surface area (Å²) >= 11 is 0. The van der Waals surface area contributed by atoms with Crippen molar-refractivity contribution in [1.29, 1.82) is 0 Å². The molecule has 0 saturated carbocycles. The zero-order valence-electron chi connectivity index (χ0n) is 17.2. The van der Waals surface area contributed by atoms with Crippen LogP contribution in [0.5, 0.6) is 11.5 Å². The van der Waals surface area contributed by atoms with Crippen LogP contribution in [0.2, 0.25) is 0 Å². The van der Waals surface area contributed by atoms with Gasteiger partial charge in [0, 0.05) is 24.1 Å². The van der Waals surface area contributed by atoms with Crippen LogP contribution in [-0.2, 0) is 9.59 Å². The van der Waals surface area contributed by atoms with Crippen molar-refractivity contribution < 1.29 is 23.9 Å². The molecule has 2 aromatic carbocycles. The molecule has 0 atom stereocenters. The second-order valence-electron chi connectivity index (χ2n) is 6.38. The molecular weight excluding hydrogens is 386 g/mol. The first-order valence-corrected chi connectivity index (χ1v) is 9.86. The van der Waals surface area contributed by atoms with Gasteiger partial charge in [-0.2, -0.15) is 0 Å². The highest BCUT2D eigenvalue weighted by Crippen LogP contribution is 2.16. The van der Waals surface area contributed by atoms with Crippen LogP contribution in [0.25, 0.3) is 0 Å². The Morgan fingerprint density at radius 1 is 0.767 bits per heavy atom. The summed E-state index contributed by atoms with van der Waals surface area (Å²) in [5.41, 5.74) is 5.63. The molecule has 0 heterocycles. The van der Waals surface area contributed by atoms with Gasteiger partial charge in [-0.15, -0.1) is 0 Å². The van der Waals surface area contributed by atoms with E-state index in [0.29, 0.717) is 36.0 Å². The molecule has 0 aromatic heterocycles. The van der Waals surface area contributed by atoms with E-state index in [4.69, 9.17) is 9.47 Å². The second kappa shape index (κ2) is 12.1. The zero-order valence-corrected chi connectivity index (χ0v) is 17.2. The number of benzene rings is 2. The maximum Gasteiger partial charge on any atom is 0.269 e. The van der Waals surface area contributed by atoms with Crippen LogP contribution in [-0.4, -0.2) is 30.9 Å². The van der Waals surface area contributed by atoms with Crippen molar-refractivity contribution in [1.82, 2.24) is 10.9 Å². The van der Waals surface area contributed by atoms with Crippen molar-refractivity contribution in [2.24, 2.45) is 0 Å². The zero-order chi connectivity index (χ0) is 21.8. The second-order valence-corrected chi connectivity index (χ2v) is 6.38. The van der Waals surface area contributed by atoms with Crippen LogP contribution in [0.15, 0.2) is 48.5 Å². The average Bonchev–Trinajstić information content (AvgIpc) is 2.76. The fourth-order valence-electron chi connectivity index (χ4n) is 2.44. The van der Waals surface area contributed by atoms with Gasteiger partial charge in [0.05, 0.1) is 13.2 Å². The molecule has 3 N–H and O–H groups in total. The third kappa shape index (κ3) is 7.83. The first-order valence-electron chi connectivity index (χ1n) is 9.86. The summed E-state index contributed by atoms with van der Waals surface area (Å²) in [4.78, 5) is 35.9. The minimum atomic E-state index is -0.465. The Labute approximate surface area is 175 Å². The van der Waals surface area contributed by atoms with E-state index >= 15 is 0 Å². The smallest absolute Gasteiger partial charge is 0.269 e. The summed E-state index contributed by atoms with van der Waals surface area (Å²) in [7, 11) is 0. The van der Waals surface area contributed by atoms with Gasteiger partial charge < -0.3 is 14.8 Å². The summed E-state index contributed by atoms with van der Waals surface area (Å²) in [5.74, 6) is 0.172. The number of rotatable bonds is 10. The van der Waals surface area contributed by atoms with Crippen LogP contribution in [0.1, 0.15) is 43.5 Å². The third-order valence-corrected chi connectivity index (χ3v) is 3.93. The number of hydrogen-bond acceptors (Lipinski definition) is 5. The number of amides is 3. The maximum absolute atomic E-state index is 12.1. The number of hydrazine groups is 1. The van der Waals surface area contributed by atoms with Crippen molar-refractivity contribution in [3.63, 3.8) is 0 Å². The van der Waals surface area contributed by atoms with Crippen molar-refractivity contribution in [2.75, 3.05) is 18.5 Å². The predicted molar refractivity (Wildman–Crippen MR) is 113 cm³/mol. The van der Waals surface area contributed by atoms with Gasteiger partial charge >= 0.3 is 0 Å². The molecule has 0 aliphatic heterocycles. The lowest BCUT2D eigenvalue weighted by Gasteiger charge is -2.09. The minimum Gasteiger partial charge on any atom is -0.494 e. The lowest BCUT2D eigenvalue weighted by molar-refractivity contribution is -0.124. The van der Waals surface area contributed by atoms with Gasteiger partial charge in [0.15, 0.2) is 0 Å². The van der Waals surface area contributed by atoms with Crippen molar-refractivity contribution in [3.05, 3.63) is 54.1 Å². The van der Waals surface area contributed by atoms with E-state index < -0.39 is 11.8 Å². The summed E-state index contributed by atoms with van der Waals surface area (Å²) in [6.07, 6.45) is 0.817. The quantitative estimate of drug-likeness (QED) is 0.519. The Bertz CT molecular complexity index is 835. The van der Waals surface area contributed by atoms with E-state index in [-0.39, 0.29) is 18.7 Å². The van der Waals surface area contributed by atoms with Crippen LogP contribution in [0.4, 0.5) is 5.69 Å². The van der Waals surface area contributed by atoms with Crippen LogP contribution in [0.3, 0.4) is 0 Å². The van der Waals surface area contributed by atoms with Crippen molar-refractivity contribution >= 4 is 23.4 Å². The maximum atomic E-state index is 12.1. The van der Waals surface area contributed by atoms with Crippen LogP contribution in [0, 0.1) is 0 Å². The van der Waals surface area contributed by atoms with Gasteiger partial charge in [-0.05, 0) is 61.9 Å². The molecule has 0 bridgehead atoms. The molecule has 0 aliphatic rings. The van der Waals surface area contributed by atoms with E-state index in [1.54, 1.807) is 48.5 Å². The van der Waals surface area contributed by atoms with E-state index in [9.17, 15) is 14.4 Å². The molecule has 2 rings (SSSR count). The third-order valence-electron chi connectivity index (χ3n) is 3.93. The van der Waals surface area contributed by atoms with Crippen molar-refractivity contribution in [2.45, 2.75) is 33.1 Å². The summed E-state index contributed by atoms with van der Waals surface area (Å²) in [6, 6.07) is 13.6.